The van der Waals surface area contributed by atoms with E-state index in [1.807, 2.05) is 54.3 Å². The summed E-state index contributed by atoms with van der Waals surface area (Å²) in [7, 11) is 1.60. The van der Waals surface area contributed by atoms with E-state index in [2.05, 4.69) is 26.9 Å². The molecule has 176 valence electrons. The highest BCUT2D eigenvalue weighted by Crippen LogP contribution is 2.30. The fraction of sp³-hybridized carbons (Fsp3) is 0.360. The number of urea groups is 1. The Labute approximate surface area is 197 Å². The first kappa shape index (κ1) is 21.9. The molecule has 0 atom stereocenters. The fourth-order valence-electron chi connectivity index (χ4n) is 4.72. The van der Waals surface area contributed by atoms with Gasteiger partial charge in [-0.15, -0.1) is 5.10 Å². The molecule has 9 nitrogen and oxygen atoms in total. The summed E-state index contributed by atoms with van der Waals surface area (Å²) in [6.07, 6.45) is 4.17. The number of methoxy groups -OCH3 is 1. The maximum absolute atomic E-state index is 13.5. The van der Waals surface area contributed by atoms with Gasteiger partial charge in [0, 0.05) is 17.0 Å². The van der Waals surface area contributed by atoms with Crippen LogP contribution < -0.4 is 14.8 Å². The lowest BCUT2D eigenvalue weighted by molar-refractivity contribution is 0.185. The van der Waals surface area contributed by atoms with Crippen molar-refractivity contribution in [1.29, 1.82) is 0 Å². The van der Waals surface area contributed by atoms with Gasteiger partial charge in [-0.3, -0.25) is 0 Å². The number of fused-ring (bicyclic) bond motifs is 3. The predicted octanol–water partition coefficient (Wildman–Crippen LogP) is 4.66. The number of ether oxygens (including phenoxy) is 2. The van der Waals surface area contributed by atoms with Gasteiger partial charge in [-0.25, -0.2) is 4.79 Å². The van der Waals surface area contributed by atoms with E-state index in [1.54, 1.807) is 11.6 Å². The average molecular weight is 461 g/mol. The van der Waals surface area contributed by atoms with Crippen LogP contribution in [0, 0.1) is 0 Å². The zero-order valence-corrected chi connectivity index (χ0v) is 19.4. The van der Waals surface area contributed by atoms with Crippen LogP contribution in [0.5, 0.6) is 11.5 Å². The van der Waals surface area contributed by atoms with Crippen molar-refractivity contribution in [1.82, 2.24) is 24.9 Å². The van der Waals surface area contributed by atoms with E-state index in [1.165, 1.54) is 0 Å². The minimum Gasteiger partial charge on any atom is -0.495 e. The number of para-hydroxylation sites is 2. The Morgan fingerprint density at radius 2 is 2.00 bits per heavy atom. The first-order valence-corrected chi connectivity index (χ1v) is 11.6. The van der Waals surface area contributed by atoms with E-state index in [0.29, 0.717) is 30.2 Å². The number of pyridine rings is 1. The monoisotopic (exact) mass is 460 g/mol. The molecule has 0 saturated heterocycles. The third-order valence-electron chi connectivity index (χ3n) is 6.34. The molecule has 0 radical (unpaired) electrons. The molecule has 2 aromatic heterocycles. The van der Waals surface area contributed by atoms with Gasteiger partial charge >= 0.3 is 6.03 Å². The van der Waals surface area contributed by atoms with Crippen LogP contribution in [0.2, 0.25) is 0 Å². The van der Waals surface area contributed by atoms with Crippen LogP contribution in [0.3, 0.4) is 0 Å². The molecule has 4 aromatic rings. The van der Waals surface area contributed by atoms with E-state index in [0.717, 1.165) is 47.9 Å². The number of anilines is 1. The van der Waals surface area contributed by atoms with Crippen LogP contribution in [0.25, 0.3) is 16.6 Å². The molecule has 34 heavy (non-hydrogen) atoms. The van der Waals surface area contributed by atoms with Crippen molar-refractivity contribution in [2.75, 3.05) is 19.0 Å². The highest BCUT2D eigenvalue weighted by atomic mass is 16.5. The topological polar surface area (TPSA) is 93.9 Å². The molecule has 0 bridgehead atoms. The summed E-state index contributed by atoms with van der Waals surface area (Å²) in [4.78, 5) is 15.4. The van der Waals surface area contributed by atoms with Gasteiger partial charge in [0.1, 0.15) is 11.5 Å². The summed E-state index contributed by atoms with van der Waals surface area (Å²) in [5.41, 5.74) is 3.06. The Balaban J connectivity index is 1.52. The quantitative estimate of drug-likeness (QED) is 0.431. The minimum absolute atomic E-state index is 0.149. The molecule has 1 fully saturated rings. The molecule has 0 spiro atoms. The summed E-state index contributed by atoms with van der Waals surface area (Å²) in [6, 6.07) is 15.3. The second kappa shape index (κ2) is 9.54. The van der Waals surface area contributed by atoms with Crippen molar-refractivity contribution in [3.63, 3.8) is 0 Å². The fourth-order valence-corrected chi connectivity index (χ4v) is 4.72. The molecule has 2 aromatic carbocycles. The zero-order valence-electron chi connectivity index (χ0n) is 19.4. The van der Waals surface area contributed by atoms with Crippen molar-refractivity contribution in [3.05, 3.63) is 54.1 Å². The van der Waals surface area contributed by atoms with Crippen LogP contribution in [0.15, 0.2) is 48.5 Å². The zero-order chi connectivity index (χ0) is 23.5. The lowest BCUT2D eigenvalue weighted by Crippen LogP contribution is -2.41. The molecule has 1 aliphatic carbocycles. The first-order chi connectivity index (χ1) is 16.7. The van der Waals surface area contributed by atoms with Crippen LogP contribution in [-0.4, -0.2) is 50.7 Å². The van der Waals surface area contributed by atoms with Crippen molar-refractivity contribution in [3.8, 4) is 11.5 Å². The van der Waals surface area contributed by atoms with Crippen molar-refractivity contribution in [2.45, 2.75) is 45.2 Å². The van der Waals surface area contributed by atoms with Gasteiger partial charge in [0.15, 0.2) is 5.65 Å². The Bertz CT molecular complexity index is 1310. The van der Waals surface area contributed by atoms with Crippen LogP contribution in [-0.2, 0) is 6.54 Å². The normalized spacial score (nSPS) is 13.9. The molecule has 1 N–H and O–H groups in total. The lowest BCUT2D eigenvalue weighted by Gasteiger charge is -2.29. The highest BCUT2D eigenvalue weighted by molar-refractivity contribution is 5.91. The number of aromatic nitrogens is 4. The van der Waals surface area contributed by atoms with Gasteiger partial charge < -0.3 is 19.7 Å². The molecule has 1 saturated carbocycles. The molecule has 2 amide bonds. The molecular weight excluding hydrogens is 432 g/mol. The van der Waals surface area contributed by atoms with Crippen molar-refractivity contribution in [2.24, 2.45) is 0 Å². The Morgan fingerprint density at radius 1 is 1.18 bits per heavy atom. The lowest BCUT2D eigenvalue weighted by atomic mass is 10.1. The largest absolute Gasteiger partial charge is 0.495 e. The average Bonchev–Trinajstić information content (AvgIpc) is 3.55. The highest BCUT2D eigenvalue weighted by Gasteiger charge is 2.28. The van der Waals surface area contributed by atoms with E-state index in [9.17, 15) is 4.79 Å². The maximum atomic E-state index is 13.5. The number of nitrogens with one attached hydrogen (secondary N) is 1. The summed E-state index contributed by atoms with van der Waals surface area (Å²) >= 11 is 0. The smallest absolute Gasteiger partial charge is 0.322 e. The van der Waals surface area contributed by atoms with Crippen LogP contribution in [0.4, 0.5) is 10.5 Å². The number of carbonyl (C=O) groups is 1. The molecule has 0 unspecified atom stereocenters. The van der Waals surface area contributed by atoms with Crippen LogP contribution >= 0.6 is 0 Å². The number of benzene rings is 2. The van der Waals surface area contributed by atoms with Crippen LogP contribution in [0.1, 0.15) is 38.2 Å². The number of hydrogen-bond acceptors (Lipinski definition) is 6. The number of hydrogen-bond donors (Lipinski definition) is 1. The number of nitrogens with zero attached hydrogens (tertiary/aromatic N) is 5. The van der Waals surface area contributed by atoms with Gasteiger partial charge in [-0.2, -0.15) is 4.52 Å². The first-order valence-electron chi connectivity index (χ1n) is 11.6. The Hall–Kier alpha value is -3.88. The molecular formula is C25H28N6O3. The number of carbonyl (C=O) groups excluding carboxylic acids is 1. The SMILES string of the molecule is CCOc1ccc2c(c1)cc(CN(C(=O)Nc1ccccc1OC)C1CCCC1)c1nnnn12. The van der Waals surface area contributed by atoms with Gasteiger partial charge in [-0.1, -0.05) is 25.0 Å². The number of amides is 2. The molecule has 9 heteroatoms. The van der Waals surface area contributed by atoms with Gasteiger partial charge in [0.2, 0.25) is 0 Å². The van der Waals surface area contributed by atoms with Crippen molar-refractivity contribution >= 4 is 28.3 Å². The molecule has 2 heterocycles. The van der Waals surface area contributed by atoms with Gasteiger partial charge in [0.25, 0.3) is 0 Å². The summed E-state index contributed by atoms with van der Waals surface area (Å²) < 4.78 is 12.8. The molecule has 0 aliphatic heterocycles. The summed E-state index contributed by atoms with van der Waals surface area (Å²) in [6.45, 7) is 2.94. The standard InChI is InChI=1S/C25H28N6O3/c1-3-34-20-12-13-22-17(15-20)14-18(24-27-28-29-31(22)24)16-30(19-8-4-5-9-19)25(32)26-21-10-6-7-11-23(21)33-2/h6-7,10-15,19H,3-5,8-9,16H2,1-2H3,(H,26,32). The maximum Gasteiger partial charge on any atom is 0.322 e. The van der Waals surface area contributed by atoms with Gasteiger partial charge in [0.05, 0.1) is 31.5 Å². The third-order valence-corrected chi connectivity index (χ3v) is 6.34. The Kier molecular flexibility index (Phi) is 6.16. The van der Waals surface area contributed by atoms with Gasteiger partial charge in [-0.05, 0) is 66.6 Å². The minimum atomic E-state index is -0.162. The predicted molar refractivity (Wildman–Crippen MR) is 129 cm³/mol. The van der Waals surface area contributed by atoms with E-state index >= 15 is 0 Å². The third kappa shape index (κ3) is 4.21. The van der Waals surface area contributed by atoms with E-state index < -0.39 is 0 Å². The van der Waals surface area contributed by atoms with E-state index in [4.69, 9.17) is 9.47 Å². The summed E-state index contributed by atoms with van der Waals surface area (Å²) in [5, 5.41) is 16.4. The molecule has 1 aliphatic rings. The number of rotatable bonds is 7. The van der Waals surface area contributed by atoms with E-state index in [-0.39, 0.29) is 12.1 Å². The Morgan fingerprint density at radius 3 is 2.79 bits per heavy atom. The summed E-state index contributed by atoms with van der Waals surface area (Å²) in [5.74, 6) is 1.41. The molecule has 5 rings (SSSR count). The number of tetrazole rings is 1. The second-order valence-electron chi connectivity index (χ2n) is 8.43. The van der Waals surface area contributed by atoms with Crippen molar-refractivity contribution < 1.29 is 14.3 Å². The second-order valence-corrected chi connectivity index (χ2v) is 8.43.